The second-order valence-electron chi connectivity index (χ2n) is 3.94. The van der Waals surface area contributed by atoms with Crippen LogP contribution < -0.4 is 15.2 Å². The average molecular weight is 323 g/mol. The lowest BCUT2D eigenvalue weighted by molar-refractivity contribution is 0.298. The average Bonchev–Trinajstić information content (AvgIpc) is 2.41. The number of rotatable bonds is 5. The fourth-order valence-corrected chi connectivity index (χ4v) is 1.87. The first-order valence-electron chi connectivity index (χ1n) is 6.01. The second kappa shape index (κ2) is 6.43. The number of ether oxygens (including phenoxy) is 2. The lowest BCUT2D eigenvalue weighted by Gasteiger charge is -2.12. The molecular weight excluding hydrogens is 308 g/mol. The van der Waals surface area contributed by atoms with E-state index in [4.69, 9.17) is 15.2 Å². The SMILES string of the molecule is CCCOc1cccnc1Oc1ccc(Br)cc1N. The van der Waals surface area contributed by atoms with Crippen LogP contribution in [0.3, 0.4) is 0 Å². The fraction of sp³-hybridized carbons (Fsp3) is 0.214. The summed E-state index contributed by atoms with van der Waals surface area (Å²) in [6.07, 6.45) is 2.58. The molecule has 1 aromatic carbocycles. The van der Waals surface area contributed by atoms with Crippen molar-refractivity contribution in [1.29, 1.82) is 0 Å². The van der Waals surface area contributed by atoms with Crippen LogP contribution in [0, 0.1) is 0 Å². The van der Waals surface area contributed by atoms with Crippen molar-refractivity contribution >= 4 is 21.6 Å². The Morgan fingerprint density at radius 3 is 2.84 bits per heavy atom. The lowest BCUT2D eigenvalue weighted by atomic mass is 10.3. The molecule has 4 nitrogen and oxygen atoms in total. The summed E-state index contributed by atoms with van der Waals surface area (Å²) >= 11 is 3.35. The maximum Gasteiger partial charge on any atom is 0.262 e. The monoisotopic (exact) mass is 322 g/mol. The molecule has 100 valence electrons. The molecule has 2 rings (SSSR count). The smallest absolute Gasteiger partial charge is 0.262 e. The van der Waals surface area contributed by atoms with Gasteiger partial charge in [-0.15, -0.1) is 0 Å². The third-order valence-electron chi connectivity index (χ3n) is 2.38. The number of nitrogen functional groups attached to an aromatic ring is 1. The van der Waals surface area contributed by atoms with Crippen LogP contribution in [-0.4, -0.2) is 11.6 Å². The third-order valence-corrected chi connectivity index (χ3v) is 2.87. The Bertz CT molecular complexity index is 561. The zero-order valence-corrected chi connectivity index (χ0v) is 12.2. The zero-order valence-electron chi connectivity index (χ0n) is 10.6. The minimum Gasteiger partial charge on any atom is -0.488 e. The Balaban J connectivity index is 2.22. The molecule has 0 bridgehead atoms. The van der Waals surface area contributed by atoms with Crippen LogP contribution in [0.4, 0.5) is 5.69 Å². The van der Waals surface area contributed by atoms with Gasteiger partial charge in [0.25, 0.3) is 5.88 Å². The van der Waals surface area contributed by atoms with Crippen molar-refractivity contribution in [2.75, 3.05) is 12.3 Å². The van der Waals surface area contributed by atoms with Crippen LogP contribution in [0.2, 0.25) is 0 Å². The molecule has 2 aromatic rings. The highest BCUT2D eigenvalue weighted by Crippen LogP contribution is 2.33. The number of pyridine rings is 1. The number of benzene rings is 1. The van der Waals surface area contributed by atoms with E-state index in [1.165, 1.54) is 0 Å². The molecule has 0 atom stereocenters. The van der Waals surface area contributed by atoms with Gasteiger partial charge in [-0.3, -0.25) is 0 Å². The van der Waals surface area contributed by atoms with Crippen LogP contribution in [0.25, 0.3) is 0 Å². The highest BCUT2D eigenvalue weighted by Gasteiger charge is 2.09. The number of halogens is 1. The van der Waals surface area contributed by atoms with Gasteiger partial charge in [0.15, 0.2) is 11.5 Å². The molecule has 19 heavy (non-hydrogen) atoms. The molecule has 0 amide bonds. The molecule has 0 saturated carbocycles. The first kappa shape index (κ1) is 13.7. The van der Waals surface area contributed by atoms with Crippen LogP contribution in [-0.2, 0) is 0 Å². The summed E-state index contributed by atoms with van der Waals surface area (Å²) in [5.41, 5.74) is 6.44. The quantitative estimate of drug-likeness (QED) is 0.845. The minimum absolute atomic E-state index is 0.421. The summed E-state index contributed by atoms with van der Waals surface area (Å²) in [5.74, 6) is 1.60. The summed E-state index contributed by atoms with van der Waals surface area (Å²) in [5, 5.41) is 0. The van der Waals surface area contributed by atoms with E-state index in [1.807, 2.05) is 25.1 Å². The number of nitrogens with two attached hydrogens (primary N) is 1. The number of aromatic nitrogens is 1. The molecule has 0 radical (unpaired) electrons. The maximum atomic E-state index is 5.90. The van der Waals surface area contributed by atoms with Crippen molar-refractivity contribution in [3.8, 4) is 17.4 Å². The summed E-state index contributed by atoms with van der Waals surface area (Å²) in [7, 11) is 0. The number of hydrogen-bond acceptors (Lipinski definition) is 4. The first-order chi connectivity index (χ1) is 9.20. The van der Waals surface area contributed by atoms with Gasteiger partial charge in [-0.25, -0.2) is 4.98 Å². The van der Waals surface area contributed by atoms with Crippen LogP contribution in [0.1, 0.15) is 13.3 Å². The van der Waals surface area contributed by atoms with Gasteiger partial charge in [-0.2, -0.15) is 0 Å². The molecule has 0 fully saturated rings. The van der Waals surface area contributed by atoms with Crippen molar-refractivity contribution in [2.24, 2.45) is 0 Å². The Hall–Kier alpha value is -1.75. The predicted molar refractivity (Wildman–Crippen MR) is 78.7 cm³/mol. The number of hydrogen-bond donors (Lipinski definition) is 1. The van der Waals surface area contributed by atoms with E-state index in [0.717, 1.165) is 10.9 Å². The van der Waals surface area contributed by atoms with E-state index in [0.29, 0.717) is 29.7 Å². The molecule has 0 aliphatic carbocycles. The molecule has 0 spiro atoms. The minimum atomic E-state index is 0.421. The van der Waals surface area contributed by atoms with Crippen molar-refractivity contribution < 1.29 is 9.47 Å². The van der Waals surface area contributed by atoms with Gasteiger partial charge in [0.2, 0.25) is 0 Å². The van der Waals surface area contributed by atoms with Gasteiger partial charge in [-0.1, -0.05) is 22.9 Å². The van der Waals surface area contributed by atoms with Crippen LogP contribution in [0.15, 0.2) is 41.0 Å². The van der Waals surface area contributed by atoms with Crippen LogP contribution >= 0.6 is 15.9 Å². The largest absolute Gasteiger partial charge is 0.488 e. The molecule has 0 aliphatic rings. The standard InChI is InChI=1S/C14H15BrN2O2/c1-2-8-18-13-4-3-7-17-14(13)19-12-6-5-10(15)9-11(12)16/h3-7,9H,2,8,16H2,1H3. The third kappa shape index (κ3) is 3.61. The van der Waals surface area contributed by atoms with Gasteiger partial charge in [0.05, 0.1) is 12.3 Å². The van der Waals surface area contributed by atoms with E-state index in [-0.39, 0.29) is 0 Å². The Morgan fingerprint density at radius 1 is 1.26 bits per heavy atom. The topological polar surface area (TPSA) is 57.4 Å². The van der Waals surface area contributed by atoms with Crippen molar-refractivity contribution in [3.05, 3.63) is 41.0 Å². The summed E-state index contributed by atoms with van der Waals surface area (Å²) < 4.78 is 12.2. The normalized spacial score (nSPS) is 10.2. The number of nitrogens with zero attached hydrogens (tertiary/aromatic N) is 1. The van der Waals surface area contributed by atoms with Crippen LogP contribution in [0.5, 0.6) is 17.4 Å². The molecule has 1 aromatic heterocycles. The highest BCUT2D eigenvalue weighted by molar-refractivity contribution is 9.10. The lowest BCUT2D eigenvalue weighted by Crippen LogP contribution is -1.99. The van der Waals surface area contributed by atoms with Gasteiger partial charge in [0, 0.05) is 10.7 Å². The molecule has 0 aliphatic heterocycles. The van der Waals surface area contributed by atoms with E-state index in [1.54, 1.807) is 18.3 Å². The first-order valence-corrected chi connectivity index (χ1v) is 6.80. The van der Waals surface area contributed by atoms with E-state index < -0.39 is 0 Å². The molecule has 0 saturated heterocycles. The molecule has 0 unspecified atom stereocenters. The molecule has 1 heterocycles. The van der Waals surface area contributed by atoms with Gasteiger partial charge in [0.1, 0.15) is 0 Å². The second-order valence-corrected chi connectivity index (χ2v) is 4.86. The molecular formula is C14H15BrN2O2. The zero-order chi connectivity index (χ0) is 13.7. The highest BCUT2D eigenvalue weighted by atomic mass is 79.9. The maximum absolute atomic E-state index is 5.90. The fourth-order valence-electron chi connectivity index (χ4n) is 1.49. The Morgan fingerprint density at radius 2 is 2.11 bits per heavy atom. The van der Waals surface area contributed by atoms with Gasteiger partial charge >= 0.3 is 0 Å². The number of anilines is 1. The van der Waals surface area contributed by atoms with Gasteiger partial charge < -0.3 is 15.2 Å². The Labute approximate surface area is 120 Å². The summed E-state index contributed by atoms with van der Waals surface area (Å²) in [6, 6.07) is 9.07. The van der Waals surface area contributed by atoms with Crippen molar-refractivity contribution in [3.63, 3.8) is 0 Å². The molecule has 5 heteroatoms. The Kier molecular flexibility index (Phi) is 4.63. The van der Waals surface area contributed by atoms with E-state index >= 15 is 0 Å². The summed E-state index contributed by atoms with van der Waals surface area (Å²) in [4.78, 5) is 4.18. The molecule has 2 N–H and O–H groups in total. The van der Waals surface area contributed by atoms with Crippen molar-refractivity contribution in [1.82, 2.24) is 4.98 Å². The summed E-state index contributed by atoms with van der Waals surface area (Å²) in [6.45, 7) is 2.67. The van der Waals surface area contributed by atoms with E-state index in [2.05, 4.69) is 20.9 Å². The van der Waals surface area contributed by atoms with E-state index in [9.17, 15) is 0 Å². The predicted octanol–water partition coefficient (Wildman–Crippen LogP) is 4.01. The van der Waals surface area contributed by atoms with Gasteiger partial charge in [-0.05, 0) is 36.8 Å². The van der Waals surface area contributed by atoms with Crippen molar-refractivity contribution in [2.45, 2.75) is 13.3 Å².